The van der Waals surface area contributed by atoms with E-state index in [1.54, 1.807) is 49.4 Å². The Balaban J connectivity index is 1.70. The first kappa shape index (κ1) is 28.1. The lowest BCUT2D eigenvalue weighted by Gasteiger charge is -2.11. The van der Waals surface area contributed by atoms with E-state index in [2.05, 4.69) is 15.7 Å². The minimum Gasteiger partial charge on any atom is -0.370 e. The van der Waals surface area contributed by atoms with E-state index in [1.807, 2.05) is 0 Å². The van der Waals surface area contributed by atoms with Crippen LogP contribution in [0.2, 0.25) is 15.1 Å². The van der Waals surface area contributed by atoms with Crippen LogP contribution in [0.25, 0.3) is 16.9 Å². The third-order valence-electron chi connectivity index (χ3n) is 5.67. The number of hydrogen-bond acceptors (Lipinski definition) is 4. The Morgan fingerprint density at radius 3 is 2.31 bits per heavy atom. The Hall–Kier alpha value is -3.92. The molecule has 0 saturated heterocycles. The van der Waals surface area contributed by atoms with Gasteiger partial charge in [-0.3, -0.25) is 14.4 Å². The molecular formula is C27H21Cl3FN5O3. The van der Waals surface area contributed by atoms with Gasteiger partial charge in [0.15, 0.2) is 5.69 Å². The van der Waals surface area contributed by atoms with Crippen molar-refractivity contribution >= 4 is 58.2 Å². The fraction of sp³-hybridized carbons (Fsp3) is 0.111. The summed E-state index contributed by atoms with van der Waals surface area (Å²) in [5.41, 5.74) is 7.39. The topological polar surface area (TPSA) is 119 Å². The lowest BCUT2D eigenvalue weighted by molar-refractivity contribution is -0.117. The van der Waals surface area contributed by atoms with Crippen LogP contribution in [0.1, 0.15) is 32.8 Å². The molecule has 8 nitrogen and oxygen atoms in total. The van der Waals surface area contributed by atoms with Crippen molar-refractivity contribution in [1.29, 1.82) is 0 Å². The van der Waals surface area contributed by atoms with E-state index in [9.17, 15) is 18.8 Å². The summed E-state index contributed by atoms with van der Waals surface area (Å²) >= 11 is 18.6. The number of nitrogens with two attached hydrogens (primary N) is 1. The second kappa shape index (κ2) is 11.9. The van der Waals surface area contributed by atoms with Gasteiger partial charge in [0.2, 0.25) is 5.91 Å². The van der Waals surface area contributed by atoms with Crippen molar-refractivity contribution in [3.05, 3.63) is 98.4 Å². The Morgan fingerprint density at radius 1 is 0.949 bits per heavy atom. The summed E-state index contributed by atoms with van der Waals surface area (Å²) in [4.78, 5) is 36.7. The van der Waals surface area contributed by atoms with Crippen molar-refractivity contribution in [2.24, 2.45) is 5.73 Å². The summed E-state index contributed by atoms with van der Waals surface area (Å²) < 4.78 is 15.9. The molecule has 39 heavy (non-hydrogen) atoms. The maximum atomic E-state index is 14.3. The second-order valence-corrected chi connectivity index (χ2v) is 9.77. The molecule has 200 valence electrons. The normalized spacial score (nSPS) is 10.8. The Kier molecular flexibility index (Phi) is 8.54. The summed E-state index contributed by atoms with van der Waals surface area (Å²) in [6.45, 7) is 1.71. The Morgan fingerprint density at radius 2 is 1.64 bits per heavy atom. The molecule has 0 fully saturated rings. The van der Waals surface area contributed by atoms with E-state index < -0.39 is 23.5 Å². The molecule has 0 radical (unpaired) electrons. The number of anilines is 1. The predicted molar refractivity (Wildman–Crippen MR) is 149 cm³/mol. The summed E-state index contributed by atoms with van der Waals surface area (Å²) in [5, 5.41) is 10.9. The number of nitrogens with zero attached hydrogens (tertiary/aromatic N) is 2. The minimum absolute atomic E-state index is 0.0102. The lowest BCUT2D eigenvalue weighted by Crippen LogP contribution is -2.28. The highest BCUT2D eigenvalue weighted by molar-refractivity contribution is 6.35. The molecule has 0 spiro atoms. The molecule has 0 aliphatic heterocycles. The Bertz CT molecular complexity index is 1590. The molecule has 4 N–H and O–H groups in total. The summed E-state index contributed by atoms with van der Waals surface area (Å²) in [6.07, 6.45) is -0.0693. The minimum atomic E-state index is -0.745. The van der Waals surface area contributed by atoms with E-state index in [4.69, 9.17) is 40.5 Å². The van der Waals surface area contributed by atoms with E-state index in [0.717, 1.165) is 17.7 Å². The van der Waals surface area contributed by atoms with Crippen LogP contribution in [0.3, 0.4) is 0 Å². The monoisotopic (exact) mass is 587 g/mol. The number of aromatic nitrogens is 2. The molecule has 4 aromatic rings. The molecular weight excluding hydrogens is 568 g/mol. The van der Waals surface area contributed by atoms with Gasteiger partial charge in [-0.25, -0.2) is 9.07 Å². The lowest BCUT2D eigenvalue weighted by atomic mass is 10.1. The van der Waals surface area contributed by atoms with Gasteiger partial charge in [-0.2, -0.15) is 5.10 Å². The average Bonchev–Trinajstić information content (AvgIpc) is 3.20. The van der Waals surface area contributed by atoms with Crippen LogP contribution >= 0.6 is 34.8 Å². The van der Waals surface area contributed by atoms with Gasteiger partial charge in [0.05, 0.1) is 16.4 Å². The SMILES string of the molecule is Cc1c(C(=O)Nc2cc(F)cc(C(=O)NCCC(N)=O)c2)nn(-c2ccc(Cl)cc2Cl)c1-c1ccc(Cl)cc1. The maximum absolute atomic E-state index is 14.3. The van der Waals surface area contributed by atoms with Gasteiger partial charge in [-0.15, -0.1) is 0 Å². The number of nitrogens with one attached hydrogen (secondary N) is 2. The summed E-state index contributed by atoms with van der Waals surface area (Å²) in [5.74, 6) is -2.61. The molecule has 1 aromatic heterocycles. The largest absolute Gasteiger partial charge is 0.370 e. The highest BCUT2D eigenvalue weighted by Crippen LogP contribution is 2.33. The number of benzene rings is 3. The first-order valence-corrected chi connectivity index (χ1v) is 12.7. The van der Waals surface area contributed by atoms with Gasteiger partial charge in [0.1, 0.15) is 5.82 Å². The zero-order valence-corrected chi connectivity index (χ0v) is 22.7. The van der Waals surface area contributed by atoms with Crippen LogP contribution in [0.15, 0.2) is 60.7 Å². The van der Waals surface area contributed by atoms with Crippen LogP contribution in [0.4, 0.5) is 10.1 Å². The Labute approximate surface area is 237 Å². The molecule has 0 unspecified atom stereocenters. The summed E-state index contributed by atoms with van der Waals surface area (Å²) in [6, 6.07) is 15.2. The van der Waals surface area contributed by atoms with Crippen LogP contribution in [0, 0.1) is 12.7 Å². The first-order chi connectivity index (χ1) is 18.5. The van der Waals surface area contributed by atoms with E-state index >= 15 is 0 Å². The van der Waals surface area contributed by atoms with Crippen LogP contribution in [-0.4, -0.2) is 34.0 Å². The van der Waals surface area contributed by atoms with Crippen molar-refractivity contribution in [2.45, 2.75) is 13.3 Å². The molecule has 0 bridgehead atoms. The molecule has 3 aromatic carbocycles. The molecule has 4 rings (SSSR count). The second-order valence-electron chi connectivity index (χ2n) is 8.49. The van der Waals surface area contributed by atoms with E-state index in [1.165, 1.54) is 10.7 Å². The maximum Gasteiger partial charge on any atom is 0.276 e. The summed E-state index contributed by atoms with van der Waals surface area (Å²) in [7, 11) is 0. The van der Waals surface area contributed by atoms with Gasteiger partial charge in [0, 0.05) is 45.4 Å². The number of amides is 3. The zero-order valence-electron chi connectivity index (χ0n) is 20.4. The average molecular weight is 589 g/mol. The van der Waals surface area contributed by atoms with Gasteiger partial charge in [-0.1, -0.05) is 46.9 Å². The molecule has 3 amide bonds. The highest BCUT2D eigenvalue weighted by atomic mass is 35.5. The molecule has 0 aliphatic rings. The van der Waals surface area contributed by atoms with Crippen molar-refractivity contribution in [3.63, 3.8) is 0 Å². The van der Waals surface area contributed by atoms with Crippen molar-refractivity contribution in [3.8, 4) is 16.9 Å². The van der Waals surface area contributed by atoms with Crippen LogP contribution in [0.5, 0.6) is 0 Å². The third-order valence-corrected chi connectivity index (χ3v) is 6.46. The van der Waals surface area contributed by atoms with Crippen LogP contribution < -0.4 is 16.4 Å². The fourth-order valence-electron chi connectivity index (χ4n) is 3.87. The quantitative estimate of drug-likeness (QED) is 0.241. The van der Waals surface area contributed by atoms with E-state index in [-0.39, 0.29) is 29.9 Å². The number of carbonyl (C=O) groups excluding carboxylic acids is 3. The molecule has 0 saturated carbocycles. The molecule has 1 heterocycles. The van der Waals surface area contributed by atoms with Gasteiger partial charge in [-0.05, 0) is 55.5 Å². The number of halogens is 4. The number of rotatable bonds is 8. The van der Waals surface area contributed by atoms with Gasteiger partial charge >= 0.3 is 0 Å². The third kappa shape index (κ3) is 6.57. The van der Waals surface area contributed by atoms with Gasteiger partial charge < -0.3 is 16.4 Å². The standard InChI is InChI=1S/C27H21Cl3FN5O3/c1-14-24(27(39)34-20-11-16(10-19(31)13-20)26(38)33-9-8-23(32)37)35-36(22-7-6-18(29)12-21(22)30)25(14)15-2-4-17(28)5-3-15/h2-7,10-13H,8-9H2,1H3,(H2,32,37)(H,33,38)(H,34,39). The van der Waals surface area contributed by atoms with Crippen molar-refractivity contribution < 1.29 is 18.8 Å². The number of hydrogen-bond donors (Lipinski definition) is 3. The fourth-order valence-corrected chi connectivity index (χ4v) is 4.48. The number of primary amides is 1. The smallest absolute Gasteiger partial charge is 0.276 e. The van der Waals surface area contributed by atoms with Crippen molar-refractivity contribution in [2.75, 3.05) is 11.9 Å². The van der Waals surface area contributed by atoms with Crippen LogP contribution in [-0.2, 0) is 4.79 Å². The van der Waals surface area contributed by atoms with E-state index in [0.29, 0.717) is 32.0 Å². The van der Waals surface area contributed by atoms with Crippen molar-refractivity contribution in [1.82, 2.24) is 15.1 Å². The predicted octanol–water partition coefficient (Wildman–Crippen LogP) is 5.80. The molecule has 12 heteroatoms. The molecule has 0 atom stereocenters. The van der Waals surface area contributed by atoms with Gasteiger partial charge in [0.25, 0.3) is 11.8 Å². The zero-order chi connectivity index (χ0) is 28.3. The molecule has 0 aliphatic carbocycles. The first-order valence-electron chi connectivity index (χ1n) is 11.5. The number of carbonyl (C=O) groups is 3. The highest BCUT2D eigenvalue weighted by Gasteiger charge is 2.24.